The fourth-order valence-electron chi connectivity index (χ4n) is 2.02. The zero-order valence-corrected chi connectivity index (χ0v) is 10.4. The molecule has 2 aromatic rings. The first-order valence-corrected chi connectivity index (χ1v) is 6.12. The summed E-state index contributed by atoms with van der Waals surface area (Å²) in [7, 11) is 0. The van der Waals surface area contributed by atoms with Crippen LogP contribution in [0.3, 0.4) is 0 Å². The fourth-order valence-corrected chi connectivity index (χ4v) is 2.59. The minimum absolute atomic E-state index is 0.0806. The van der Waals surface area contributed by atoms with Gasteiger partial charge in [-0.2, -0.15) is 0 Å². The Hall–Kier alpha value is -1.56. The molecule has 1 aliphatic rings. The van der Waals surface area contributed by atoms with Gasteiger partial charge in [0.25, 0.3) is 0 Å². The number of anilines is 1. The van der Waals surface area contributed by atoms with Crippen LogP contribution in [-0.2, 0) is 4.79 Å². The Morgan fingerprint density at radius 2 is 2.24 bits per heavy atom. The molecule has 0 saturated carbocycles. The maximum atomic E-state index is 11.7. The summed E-state index contributed by atoms with van der Waals surface area (Å²) >= 11 is 3.43. The lowest BCUT2D eigenvalue weighted by atomic mass is 10.2. The fraction of sp³-hybridized carbons (Fsp3) is 0.273. The Kier molecular flexibility index (Phi) is 2.32. The van der Waals surface area contributed by atoms with Gasteiger partial charge < -0.3 is 9.32 Å². The number of fused-ring (bicyclic) bond motifs is 1. The number of carbonyl (C=O) groups is 1. The van der Waals surface area contributed by atoms with E-state index in [0.717, 1.165) is 5.69 Å². The molecule has 5 nitrogen and oxygen atoms in total. The number of amides is 1. The van der Waals surface area contributed by atoms with Crippen molar-refractivity contribution in [3.05, 3.63) is 28.7 Å². The van der Waals surface area contributed by atoms with Gasteiger partial charge in [-0.1, -0.05) is 15.9 Å². The van der Waals surface area contributed by atoms with E-state index in [4.69, 9.17) is 4.42 Å². The Bertz CT molecular complexity index is 645. The highest BCUT2D eigenvalue weighted by Gasteiger charge is 2.28. The molecule has 1 saturated heterocycles. The summed E-state index contributed by atoms with van der Waals surface area (Å²) in [6, 6.07) is 5.22. The molecule has 1 aliphatic heterocycles. The predicted octanol–water partition coefficient (Wildman–Crippen LogP) is 1.62. The first-order chi connectivity index (χ1) is 8.13. The molecular formula is C11H9BrN2O3. The van der Waals surface area contributed by atoms with Crippen molar-refractivity contribution >= 4 is 38.6 Å². The van der Waals surface area contributed by atoms with Crippen molar-refractivity contribution in [3.63, 3.8) is 0 Å². The summed E-state index contributed by atoms with van der Waals surface area (Å²) in [6.07, 6.45) is 0.500. The number of nitrogens with one attached hydrogen (secondary N) is 1. The van der Waals surface area contributed by atoms with Crippen LogP contribution in [0, 0.1) is 0 Å². The first kappa shape index (κ1) is 10.6. The molecule has 0 bridgehead atoms. The largest absolute Gasteiger partial charge is 0.417 e. The van der Waals surface area contributed by atoms with Gasteiger partial charge in [-0.05, 0) is 18.2 Å². The van der Waals surface area contributed by atoms with E-state index in [9.17, 15) is 9.59 Å². The lowest BCUT2D eigenvalue weighted by molar-refractivity contribution is -0.117. The summed E-state index contributed by atoms with van der Waals surface area (Å²) in [5.74, 6) is -0.402. The Morgan fingerprint density at radius 3 is 2.94 bits per heavy atom. The van der Waals surface area contributed by atoms with E-state index in [1.807, 2.05) is 0 Å². The van der Waals surface area contributed by atoms with Gasteiger partial charge in [0.2, 0.25) is 5.91 Å². The summed E-state index contributed by atoms with van der Waals surface area (Å²) in [5, 5.41) is 0. The summed E-state index contributed by atoms with van der Waals surface area (Å²) in [5.41, 5.74) is 1.89. The first-order valence-electron chi connectivity index (χ1n) is 5.21. The molecule has 1 amide bonds. The monoisotopic (exact) mass is 296 g/mol. The zero-order chi connectivity index (χ0) is 12.0. The van der Waals surface area contributed by atoms with Crippen LogP contribution >= 0.6 is 15.9 Å². The number of aromatic nitrogens is 1. The van der Waals surface area contributed by atoms with Crippen LogP contribution < -0.4 is 10.7 Å². The van der Waals surface area contributed by atoms with Gasteiger partial charge in [0.05, 0.1) is 5.52 Å². The number of benzene rings is 1. The average molecular weight is 297 g/mol. The van der Waals surface area contributed by atoms with Gasteiger partial charge in [-0.25, -0.2) is 4.79 Å². The van der Waals surface area contributed by atoms with E-state index in [-0.39, 0.29) is 10.7 Å². The maximum Gasteiger partial charge on any atom is 0.417 e. The van der Waals surface area contributed by atoms with E-state index in [1.54, 1.807) is 23.1 Å². The smallest absolute Gasteiger partial charge is 0.408 e. The molecule has 1 atom stereocenters. The van der Waals surface area contributed by atoms with E-state index in [0.29, 0.717) is 24.1 Å². The number of oxazole rings is 1. The van der Waals surface area contributed by atoms with E-state index in [1.165, 1.54) is 0 Å². The number of halogens is 1. The zero-order valence-electron chi connectivity index (χ0n) is 8.77. The van der Waals surface area contributed by atoms with Crippen LogP contribution in [0.1, 0.15) is 6.42 Å². The highest BCUT2D eigenvalue weighted by molar-refractivity contribution is 9.09. The van der Waals surface area contributed by atoms with E-state index < -0.39 is 5.76 Å². The lowest BCUT2D eigenvalue weighted by Gasteiger charge is -2.15. The number of nitrogens with zero attached hydrogens (tertiary/aromatic N) is 1. The topological polar surface area (TPSA) is 66.3 Å². The molecule has 17 heavy (non-hydrogen) atoms. The van der Waals surface area contributed by atoms with Crippen molar-refractivity contribution in [2.24, 2.45) is 0 Å². The molecule has 1 N–H and O–H groups in total. The third-order valence-electron chi connectivity index (χ3n) is 2.79. The molecule has 1 aromatic carbocycles. The minimum Gasteiger partial charge on any atom is -0.408 e. The Labute approximate surface area is 105 Å². The number of H-pyrrole nitrogens is 1. The summed E-state index contributed by atoms with van der Waals surface area (Å²) in [6.45, 7) is 0.645. The van der Waals surface area contributed by atoms with Gasteiger partial charge >= 0.3 is 5.76 Å². The third kappa shape index (κ3) is 1.78. The minimum atomic E-state index is -0.483. The summed E-state index contributed by atoms with van der Waals surface area (Å²) in [4.78, 5) is 27.2. The SMILES string of the molecule is O=C1CC(Br)CN1c1ccc2oc(=O)[nH]c2c1. The lowest BCUT2D eigenvalue weighted by Crippen LogP contribution is -2.24. The van der Waals surface area contributed by atoms with Crippen molar-refractivity contribution < 1.29 is 9.21 Å². The molecule has 0 radical (unpaired) electrons. The average Bonchev–Trinajstić information content (AvgIpc) is 2.78. The predicted molar refractivity (Wildman–Crippen MR) is 66.5 cm³/mol. The molecule has 88 valence electrons. The van der Waals surface area contributed by atoms with Crippen molar-refractivity contribution in [3.8, 4) is 0 Å². The highest BCUT2D eigenvalue weighted by atomic mass is 79.9. The normalized spacial score (nSPS) is 20.4. The van der Waals surface area contributed by atoms with Gasteiger partial charge in [0.1, 0.15) is 0 Å². The highest BCUT2D eigenvalue weighted by Crippen LogP contribution is 2.27. The molecule has 0 spiro atoms. The summed E-state index contributed by atoms with van der Waals surface area (Å²) < 4.78 is 4.91. The van der Waals surface area contributed by atoms with Crippen LogP contribution in [0.4, 0.5) is 5.69 Å². The van der Waals surface area contributed by atoms with Gasteiger partial charge in [0.15, 0.2) is 5.58 Å². The number of alkyl halides is 1. The second-order valence-corrected chi connectivity index (χ2v) is 5.30. The van der Waals surface area contributed by atoms with Gasteiger partial charge in [-0.3, -0.25) is 9.78 Å². The quantitative estimate of drug-likeness (QED) is 0.813. The number of aromatic amines is 1. The van der Waals surface area contributed by atoms with Gasteiger partial charge in [-0.15, -0.1) is 0 Å². The molecule has 1 unspecified atom stereocenters. The van der Waals surface area contributed by atoms with Crippen LogP contribution in [-0.4, -0.2) is 22.3 Å². The van der Waals surface area contributed by atoms with Gasteiger partial charge in [0, 0.05) is 23.5 Å². The Morgan fingerprint density at radius 1 is 1.41 bits per heavy atom. The molecule has 6 heteroatoms. The van der Waals surface area contributed by atoms with E-state index >= 15 is 0 Å². The van der Waals surface area contributed by atoms with Crippen LogP contribution in [0.15, 0.2) is 27.4 Å². The van der Waals surface area contributed by atoms with Crippen LogP contribution in [0.2, 0.25) is 0 Å². The molecule has 2 heterocycles. The van der Waals surface area contributed by atoms with Crippen LogP contribution in [0.5, 0.6) is 0 Å². The number of hydrogen-bond donors (Lipinski definition) is 1. The number of carbonyl (C=O) groups excluding carboxylic acids is 1. The second-order valence-electron chi connectivity index (χ2n) is 4.00. The maximum absolute atomic E-state index is 11.7. The number of hydrogen-bond acceptors (Lipinski definition) is 3. The Balaban J connectivity index is 2.06. The number of rotatable bonds is 1. The van der Waals surface area contributed by atoms with E-state index in [2.05, 4.69) is 20.9 Å². The van der Waals surface area contributed by atoms with Crippen molar-refractivity contribution in [1.82, 2.24) is 4.98 Å². The van der Waals surface area contributed by atoms with Crippen molar-refractivity contribution in [2.45, 2.75) is 11.2 Å². The molecular weight excluding hydrogens is 288 g/mol. The molecule has 3 rings (SSSR count). The molecule has 0 aliphatic carbocycles. The molecule has 1 fully saturated rings. The second kappa shape index (κ2) is 3.73. The van der Waals surface area contributed by atoms with Crippen LogP contribution in [0.25, 0.3) is 11.1 Å². The van der Waals surface area contributed by atoms with Crippen molar-refractivity contribution in [2.75, 3.05) is 11.4 Å². The molecule has 1 aromatic heterocycles. The van der Waals surface area contributed by atoms with Crippen molar-refractivity contribution in [1.29, 1.82) is 0 Å². The third-order valence-corrected chi connectivity index (χ3v) is 3.41. The standard InChI is InChI=1S/C11H9BrN2O3/c12-6-3-10(15)14(5-6)7-1-2-9-8(4-7)13-11(16)17-9/h1-2,4,6H,3,5H2,(H,13,16).